The molecule has 0 aliphatic heterocycles. The van der Waals surface area contributed by atoms with Crippen molar-refractivity contribution in [2.24, 2.45) is 0 Å². The second kappa shape index (κ2) is 5.40. The number of nitrogens with zero attached hydrogens (tertiary/aromatic N) is 2. The monoisotopic (exact) mass is 281 g/mol. The Morgan fingerprint density at radius 3 is 2.79 bits per heavy atom. The predicted octanol–water partition coefficient (Wildman–Crippen LogP) is 2.93. The van der Waals surface area contributed by atoms with Crippen LogP contribution in [0.15, 0.2) is 24.5 Å². The lowest BCUT2D eigenvalue weighted by Crippen LogP contribution is -2.19. The summed E-state index contributed by atoms with van der Waals surface area (Å²) in [5.74, 6) is -0.682. The molecule has 0 unspecified atom stereocenters. The van der Waals surface area contributed by atoms with E-state index in [2.05, 4.69) is 10.3 Å². The van der Waals surface area contributed by atoms with Crippen molar-refractivity contribution in [2.45, 2.75) is 20.4 Å². The molecule has 4 nitrogen and oxygen atoms in total. The Morgan fingerprint density at radius 2 is 2.21 bits per heavy atom. The highest BCUT2D eigenvalue weighted by Gasteiger charge is 2.09. The summed E-state index contributed by atoms with van der Waals surface area (Å²) < 4.78 is 14.6. The highest BCUT2D eigenvalue weighted by atomic mass is 35.5. The molecule has 1 aromatic carbocycles. The Balaban J connectivity index is 2.07. The quantitative estimate of drug-likeness (QED) is 0.940. The lowest BCUT2D eigenvalue weighted by molar-refractivity contribution is -0.116. The number of carbonyl (C=O) groups is 1. The molecule has 19 heavy (non-hydrogen) atoms. The molecule has 0 bridgehead atoms. The van der Waals surface area contributed by atoms with Crippen LogP contribution in [-0.2, 0) is 11.3 Å². The third-order valence-corrected chi connectivity index (χ3v) is 3.18. The number of carbonyl (C=O) groups excluding carboxylic acids is 1. The molecule has 0 spiro atoms. The SMILES string of the molecule is Cc1ncn(CC(=O)Nc2ccc(F)cc2Cl)c1C. The topological polar surface area (TPSA) is 46.9 Å². The maximum Gasteiger partial charge on any atom is 0.244 e. The summed E-state index contributed by atoms with van der Waals surface area (Å²) in [5.41, 5.74) is 2.20. The van der Waals surface area contributed by atoms with E-state index in [9.17, 15) is 9.18 Å². The molecular weight excluding hydrogens is 269 g/mol. The minimum atomic E-state index is -0.441. The van der Waals surface area contributed by atoms with Gasteiger partial charge in [-0.05, 0) is 32.0 Å². The van der Waals surface area contributed by atoms with Crippen molar-refractivity contribution in [1.82, 2.24) is 9.55 Å². The Labute approximate surface area is 115 Å². The van der Waals surface area contributed by atoms with Gasteiger partial charge in [0.15, 0.2) is 0 Å². The van der Waals surface area contributed by atoms with Crippen LogP contribution in [0.5, 0.6) is 0 Å². The highest BCUT2D eigenvalue weighted by molar-refractivity contribution is 6.33. The second-order valence-electron chi connectivity index (χ2n) is 4.22. The molecular formula is C13H13ClFN3O. The Hall–Kier alpha value is -1.88. The van der Waals surface area contributed by atoms with Crippen molar-refractivity contribution >= 4 is 23.2 Å². The van der Waals surface area contributed by atoms with Crippen LogP contribution in [0.25, 0.3) is 0 Å². The number of amides is 1. The van der Waals surface area contributed by atoms with Gasteiger partial charge in [-0.2, -0.15) is 0 Å². The summed E-state index contributed by atoms with van der Waals surface area (Å²) >= 11 is 5.84. The van der Waals surface area contributed by atoms with E-state index >= 15 is 0 Å². The van der Waals surface area contributed by atoms with Gasteiger partial charge in [0.2, 0.25) is 5.91 Å². The maximum absolute atomic E-state index is 12.9. The number of imidazole rings is 1. The van der Waals surface area contributed by atoms with E-state index in [1.165, 1.54) is 12.1 Å². The fraction of sp³-hybridized carbons (Fsp3) is 0.231. The number of nitrogens with one attached hydrogen (secondary N) is 1. The van der Waals surface area contributed by atoms with Gasteiger partial charge in [-0.1, -0.05) is 11.6 Å². The zero-order chi connectivity index (χ0) is 14.0. The number of hydrogen-bond donors (Lipinski definition) is 1. The Morgan fingerprint density at radius 1 is 1.47 bits per heavy atom. The van der Waals surface area contributed by atoms with Crippen molar-refractivity contribution in [3.05, 3.63) is 46.8 Å². The average Bonchev–Trinajstić information content (AvgIpc) is 2.65. The first-order valence-corrected chi connectivity index (χ1v) is 6.08. The number of halogens is 2. The Bertz CT molecular complexity index is 624. The molecule has 1 heterocycles. The number of aromatic nitrogens is 2. The summed E-state index contributed by atoms with van der Waals surface area (Å²) in [6, 6.07) is 3.83. The molecule has 100 valence electrons. The maximum atomic E-state index is 12.9. The van der Waals surface area contributed by atoms with Crippen molar-refractivity contribution in [3.63, 3.8) is 0 Å². The summed E-state index contributed by atoms with van der Waals surface area (Å²) in [4.78, 5) is 16.0. The summed E-state index contributed by atoms with van der Waals surface area (Å²) in [6.45, 7) is 3.90. The minimum Gasteiger partial charge on any atom is -0.325 e. The van der Waals surface area contributed by atoms with E-state index in [4.69, 9.17) is 11.6 Å². The van der Waals surface area contributed by atoms with Crippen LogP contribution >= 0.6 is 11.6 Å². The predicted molar refractivity (Wildman–Crippen MR) is 71.7 cm³/mol. The van der Waals surface area contributed by atoms with Gasteiger partial charge in [0, 0.05) is 5.69 Å². The lowest BCUT2D eigenvalue weighted by Gasteiger charge is -2.09. The van der Waals surface area contributed by atoms with E-state index in [1.807, 2.05) is 13.8 Å². The number of rotatable bonds is 3. The van der Waals surface area contributed by atoms with Crippen LogP contribution in [0.1, 0.15) is 11.4 Å². The van der Waals surface area contributed by atoms with Gasteiger partial charge in [-0.3, -0.25) is 4.79 Å². The third kappa shape index (κ3) is 3.12. The molecule has 0 radical (unpaired) electrons. The molecule has 1 N–H and O–H groups in total. The van der Waals surface area contributed by atoms with Gasteiger partial charge in [0.1, 0.15) is 12.4 Å². The molecule has 1 aromatic heterocycles. The van der Waals surface area contributed by atoms with Crippen molar-refractivity contribution < 1.29 is 9.18 Å². The largest absolute Gasteiger partial charge is 0.325 e. The van der Waals surface area contributed by atoms with Crippen LogP contribution in [0, 0.1) is 19.7 Å². The van der Waals surface area contributed by atoms with E-state index in [1.54, 1.807) is 10.9 Å². The number of benzene rings is 1. The first kappa shape index (κ1) is 13.5. The van der Waals surface area contributed by atoms with Crippen LogP contribution in [0.3, 0.4) is 0 Å². The average molecular weight is 282 g/mol. The first-order valence-electron chi connectivity index (χ1n) is 5.70. The van der Waals surface area contributed by atoms with Gasteiger partial charge in [-0.25, -0.2) is 9.37 Å². The molecule has 0 saturated heterocycles. The van der Waals surface area contributed by atoms with Crippen molar-refractivity contribution in [2.75, 3.05) is 5.32 Å². The van der Waals surface area contributed by atoms with E-state index in [-0.39, 0.29) is 17.5 Å². The van der Waals surface area contributed by atoms with Crippen LogP contribution in [-0.4, -0.2) is 15.5 Å². The minimum absolute atomic E-state index is 0.139. The van der Waals surface area contributed by atoms with E-state index in [0.717, 1.165) is 17.5 Å². The molecule has 6 heteroatoms. The van der Waals surface area contributed by atoms with Crippen LogP contribution in [0.4, 0.5) is 10.1 Å². The van der Waals surface area contributed by atoms with E-state index in [0.29, 0.717) is 5.69 Å². The number of hydrogen-bond acceptors (Lipinski definition) is 2. The fourth-order valence-corrected chi connectivity index (χ4v) is 1.85. The first-order chi connectivity index (χ1) is 8.97. The summed E-state index contributed by atoms with van der Waals surface area (Å²) in [6.07, 6.45) is 1.61. The van der Waals surface area contributed by atoms with Crippen LogP contribution < -0.4 is 5.32 Å². The molecule has 0 saturated carbocycles. The van der Waals surface area contributed by atoms with Gasteiger partial charge in [-0.15, -0.1) is 0 Å². The van der Waals surface area contributed by atoms with Crippen molar-refractivity contribution in [1.29, 1.82) is 0 Å². The lowest BCUT2D eigenvalue weighted by atomic mass is 10.3. The number of aryl methyl sites for hydroxylation is 1. The molecule has 0 atom stereocenters. The smallest absolute Gasteiger partial charge is 0.244 e. The zero-order valence-corrected chi connectivity index (χ0v) is 11.3. The summed E-state index contributed by atoms with van der Waals surface area (Å²) in [5, 5.41) is 2.81. The van der Waals surface area contributed by atoms with Crippen LogP contribution in [0.2, 0.25) is 5.02 Å². The Kier molecular flexibility index (Phi) is 3.85. The second-order valence-corrected chi connectivity index (χ2v) is 4.62. The number of anilines is 1. The van der Waals surface area contributed by atoms with Gasteiger partial charge >= 0.3 is 0 Å². The van der Waals surface area contributed by atoms with Gasteiger partial charge in [0.05, 0.1) is 22.7 Å². The van der Waals surface area contributed by atoms with Crippen molar-refractivity contribution in [3.8, 4) is 0 Å². The molecule has 0 aliphatic rings. The highest BCUT2D eigenvalue weighted by Crippen LogP contribution is 2.22. The zero-order valence-electron chi connectivity index (χ0n) is 10.6. The van der Waals surface area contributed by atoms with Gasteiger partial charge in [0.25, 0.3) is 0 Å². The van der Waals surface area contributed by atoms with E-state index < -0.39 is 5.82 Å². The molecule has 0 aliphatic carbocycles. The molecule has 2 aromatic rings. The van der Waals surface area contributed by atoms with Gasteiger partial charge < -0.3 is 9.88 Å². The summed E-state index contributed by atoms with van der Waals surface area (Å²) in [7, 11) is 0. The fourth-order valence-electron chi connectivity index (χ4n) is 1.64. The molecule has 1 amide bonds. The third-order valence-electron chi connectivity index (χ3n) is 2.86. The normalized spacial score (nSPS) is 10.5. The standard InChI is InChI=1S/C13H13ClFN3O/c1-8-9(2)18(7-16-8)6-13(19)17-12-4-3-10(15)5-11(12)14/h3-5,7H,6H2,1-2H3,(H,17,19). The molecule has 2 rings (SSSR count). The molecule has 0 fully saturated rings.